The maximum atomic E-state index is 13.4. The molecule has 1 fully saturated rings. The van der Waals surface area contributed by atoms with E-state index in [1.54, 1.807) is 24.2 Å². The lowest BCUT2D eigenvalue weighted by molar-refractivity contribution is 0.184. The van der Waals surface area contributed by atoms with Gasteiger partial charge in [-0.3, -0.25) is 9.69 Å². The number of aromatic nitrogens is 1. The van der Waals surface area contributed by atoms with E-state index in [9.17, 15) is 14.4 Å². The quantitative estimate of drug-likeness (QED) is 0.494. The van der Waals surface area contributed by atoms with Crippen molar-refractivity contribution in [3.05, 3.63) is 88.8 Å². The third kappa shape index (κ3) is 6.09. The van der Waals surface area contributed by atoms with E-state index in [0.29, 0.717) is 32.2 Å². The van der Waals surface area contributed by atoms with Crippen LogP contribution in [0.3, 0.4) is 0 Å². The van der Waals surface area contributed by atoms with E-state index in [-0.39, 0.29) is 23.7 Å². The molecule has 0 atom stereocenters. The number of pyridine rings is 1. The molecule has 0 aliphatic heterocycles. The van der Waals surface area contributed by atoms with Crippen LogP contribution in [0.15, 0.2) is 77.7 Å². The number of nitrogens with one attached hydrogen (secondary N) is 2. The number of aryl methyl sites for hydroxylation is 1. The fourth-order valence-electron chi connectivity index (χ4n) is 4.58. The van der Waals surface area contributed by atoms with Crippen molar-refractivity contribution in [1.29, 1.82) is 0 Å². The fourth-order valence-corrected chi connectivity index (χ4v) is 4.58. The Bertz CT molecular complexity index is 1220. The van der Waals surface area contributed by atoms with E-state index in [1.165, 1.54) is 10.6 Å². The molecule has 1 saturated carbocycles. The van der Waals surface area contributed by atoms with Gasteiger partial charge in [-0.15, -0.1) is 0 Å². The predicted molar refractivity (Wildman–Crippen MR) is 135 cm³/mol. The Kier molecular flexibility index (Phi) is 7.50. The first-order chi connectivity index (χ1) is 16.9. The van der Waals surface area contributed by atoms with Crippen LogP contribution in [0.1, 0.15) is 31.2 Å². The predicted octanol–water partition coefficient (Wildman–Crippen LogP) is 4.35. The van der Waals surface area contributed by atoms with Crippen molar-refractivity contribution in [2.24, 2.45) is 7.05 Å². The van der Waals surface area contributed by atoms with Crippen molar-refractivity contribution in [2.75, 3.05) is 4.90 Å². The lowest BCUT2D eigenvalue weighted by atomic mass is 9.90. The minimum absolute atomic E-state index is 0.0407. The van der Waals surface area contributed by atoms with Gasteiger partial charge >= 0.3 is 12.1 Å². The van der Waals surface area contributed by atoms with Gasteiger partial charge in [0.15, 0.2) is 0 Å². The Balaban J connectivity index is 1.54. The molecule has 3 amide bonds. The van der Waals surface area contributed by atoms with Crippen molar-refractivity contribution >= 4 is 17.8 Å². The van der Waals surface area contributed by atoms with E-state index >= 15 is 0 Å². The van der Waals surface area contributed by atoms with Gasteiger partial charge in [-0.1, -0.05) is 42.5 Å². The molecule has 2 aromatic carbocycles. The van der Waals surface area contributed by atoms with Crippen LogP contribution in [0.25, 0.3) is 11.1 Å². The van der Waals surface area contributed by atoms with Gasteiger partial charge in [0.25, 0.3) is 0 Å². The molecule has 0 bridgehead atoms. The summed E-state index contributed by atoms with van der Waals surface area (Å²) < 4.78 is 1.54. The first-order valence-corrected chi connectivity index (χ1v) is 11.8. The van der Waals surface area contributed by atoms with Gasteiger partial charge in [-0.2, -0.15) is 0 Å². The summed E-state index contributed by atoms with van der Waals surface area (Å²) in [6, 6.07) is 20.5. The summed E-state index contributed by atoms with van der Waals surface area (Å²) in [4.78, 5) is 37.9. The molecule has 8 nitrogen and oxygen atoms in total. The van der Waals surface area contributed by atoms with Gasteiger partial charge in [0, 0.05) is 43.6 Å². The van der Waals surface area contributed by atoms with Crippen molar-refractivity contribution in [3.63, 3.8) is 0 Å². The van der Waals surface area contributed by atoms with Crippen LogP contribution in [-0.4, -0.2) is 33.9 Å². The first kappa shape index (κ1) is 24.1. The summed E-state index contributed by atoms with van der Waals surface area (Å²) in [7, 11) is 1.72. The minimum atomic E-state index is -1.01. The number of hydrogen-bond acceptors (Lipinski definition) is 3. The Morgan fingerprint density at radius 2 is 1.60 bits per heavy atom. The molecule has 1 aliphatic rings. The van der Waals surface area contributed by atoms with Gasteiger partial charge in [0.05, 0.1) is 0 Å². The minimum Gasteiger partial charge on any atom is -0.465 e. The van der Waals surface area contributed by atoms with E-state index in [2.05, 4.69) is 10.6 Å². The van der Waals surface area contributed by atoms with Crippen molar-refractivity contribution in [1.82, 2.24) is 15.2 Å². The Labute approximate surface area is 204 Å². The second-order valence-corrected chi connectivity index (χ2v) is 8.88. The van der Waals surface area contributed by atoms with E-state index < -0.39 is 6.09 Å². The van der Waals surface area contributed by atoms with Gasteiger partial charge in [0.2, 0.25) is 5.56 Å². The van der Waals surface area contributed by atoms with Crippen LogP contribution in [0.5, 0.6) is 0 Å². The third-order valence-electron chi connectivity index (χ3n) is 6.46. The number of carbonyl (C=O) groups excluding carboxylic acids is 1. The van der Waals surface area contributed by atoms with Crippen LogP contribution >= 0.6 is 0 Å². The standard InChI is InChI=1S/C27H30N4O4/c1-30-18-21(9-16-25(30)32)20-7-12-23(13-8-20)31(24-14-10-22(11-15-24)29-27(34)35)26(33)28-17-19-5-3-2-4-6-19/h2-9,12-13,16,18,22,24,29H,10-11,14-15,17H2,1H3,(H,28,33)(H,34,35)/t22-,24-. The maximum absolute atomic E-state index is 13.4. The van der Waals surface area contributed by atoms with Crippen LogP contribution in [0.2, 0.25) is 0 Å². The highest BCUT2D eigenvalue weighted by Gasteiger charge is 2.30. The molecule has 4 rings (SSSR count). The zero-order valence-corrected chi connectivity index (χ0v) is 19.7. The number of hydrogen-bond donors (Lipinski definition) is 3. The average Bonchev–Trinajstić information content (AvgIpc) is 2.86. The number of nitrogens with zero attached hydrogens (tertiary/aromatic N) is 2. The lowest BCUT2D eigenvalue weighted by Gasteiger charge is -2.37. The molecule has 182 valence electrons. The Morgan fingerprint density at radius 1 is 0.943 bits per heavy atom. The molecule has 1 aromatic heterocycles. The number of benzene rings is 2. The first-order valence-electron chi connectivity index (χ1n) is 11.8. The highest BCUT2D eigenvalue weighted by atomic mass is 16.4. The second-order valence-electron chi connectivity index (χ2n) is 8.88. The molecule has 35 heavy (non-hydrogen) atoms. The fraction of sp³-hybridized carbons (Fsp3) is 0.296. The molecule has 0 spiro atoms. The van der Waals surface area contributed by atoms with Gasteiger partial charge < -0.3 is 20.3 Å². The van der Waals surface area contributed by atoms with Crippen molar-refractivity contribution < 1.29 is 14.7 Å². The molecule has 8 heteroatoms. The average molecular weight is 475 g/mol. The monoisotopic (exact) mass is 474 g/mol. The number of urea groups is 1. The Morgan fingerprint density at radius 3 is 2.23 bits per heavy atom. The molecule has 0 saturated heterocycles. The van der Waals surface area contributed by atoms with Gasteiger partial charge in [-0.25, -0.2) is 9.59 Å². The van der Waals surface area contributed by atoms with Crippen LogP contribution in [0.4, 0.5) is 15.3 Å². The highest BCUT2D eigenvalue weighted by Crippen LogP contribution is 2.30. The smallest absolute Gasteiger partial charge is 0.404 e. The molecule has 0 unspecified atom stereocenters. The zero-order valence-electron chi connectivity index (χ0n) is 19.7. The Hall–Kier alpha value is -4.07. The van der Waals surface area contributed by atoms with E-state index in [0.717, 1.165) is 22.4 Å². The van der Waals surface area contributed by atoms with Crippen LogP contribution in [-0.2, 0) is 13.6 Å². The number of anilines is 1. The topological polar surface area (TPSA) is 104 Å². The lowest BCUT2D eigenvalue weighted by Crippen LogP contribution is -2.49. The molecule has 3 aromatic rings. The van der Waals surface area contributed by atoms with Crippen LogP contribution in [0, 0.1) is 0 Å². The summed E-state index contributed by atoms with van der Waals surface area (Å²) in [5, 5.41) is 14.6. The van der Waals surface area contributed by atoms with E-state index in [1.807, 2.05) is 54.6 Å². The van der Waals surface area contributed by atoms with Gasteiger partial charge in [-0.05, 0) is 60.6 Å². The summed E-state index contributed by atoms with van der Waals surface area (Å²) in [5.41, 5.74) is 3.58. The highest BCUT2D eigenvalue weighted by molar-refractivity contribution is 5.93. The second kappa shape index (κ2) is 10.9. The SMILES string of the molecule is Cn1cc(-c2ccc(N(C(=O)NCc3ccccc3)[C@H]3CC[C@H](NC(=O)O)CC3)cc2)ccc1=O. The van der Waals surface area contributed by atoms with Crippen molar-refractivity contribution in [3.8, 4) is 11.1 Å². The zero-order chi connectivity index (χ0) is 24.8. The summed E-state index contributed by atoms with van der Waals surface area (Å²) in [6.07, 6.45) is 3.53. The third-order valence-corrected chi connectivity index (χ3v) is 6.46. The largest absolute Gasteiger partial charge is 0.465 e. The van der Waals surface area contributed by atoms with Crippen molar-refractivity contribution in [2.45, 2.75) is 44.3 Å². The summed E-state index contributed by atoms with van der Waals surface area (Å²) in [6.45, 7) is 0.419. The molecule has 3 N–H and O–H groups in total. The number of rotatable bonds is 6. The number of carbonyl (C=O) groups is 2. The summed E-state index contributed by atoms with van der Waals surface area (Å²) >= 11 is 0. The molecular weight excluding hydrogens is 444 g/mol. The maximum Gasteiger partial charge on any atom is 0.404 e. The number of amides is 3. The van der Waals surface area contributed by atoms with Crippen LogP contribution < -0.4 is 21.1 Å². The molecule has 1 aliphatic carbocycles. The number of carboxylic acid groups (broad SMARTS) is 1. The molecule has 0 radical (unpaired) electrons. The molecule has 1 heterocycles. The summed E-state index contributed by atoms with van der Waals surface area (Å²) in [5.74, 6) is 0. The molecular formula is C27H30N4O4. The van der Waals surface area contributed by atoms with E-state index in [4.69, 9.17) is 5.11 Å². The van der Waals surface area contributed by atoms with Gasteiger partial charge in [0.1, 0.15) is 0 Å². The normalized spacial score (nSPS) is 17.4.